The van der Waals surface area contributed by atoms with Gasteiger partial charge in [0.1, 0.15) is 5.82 Å². The van der Waals surface area contributed by atoms with Crippen LogP contribution in [0.25, 0.3) is 0 Å². The zero-order valence-corrected chi connectivity index (χ0v) is 16.0. The number of H-pyrrole nitrogens is 1. The molecule has 1 aromatic heterocycles. The minimum Gasteiger partial charge on any atom is -0.383 e. The van der Waals surface area contributed by atoms with Gasteiger partial charge in [0.15, 0.2) is 5.69 Å². The van der Waals surface area contributed by atoms with Crippen molar-refractivity contribution in [3.05, 3.63) is 54.6 Å². The van der Waals surface area contributed by atoms with E-state index in [1.807, 2.05) is 6.92 Å². The van der Waals surface area contributed by atoms with Gasteiger partial charge in [0.2, 0.25) is 5.91 Å². The first-order valence-electron chi connectivity index (χ1n) is 8.10. The number of aromatic nitrogens is 2. The molecule has 0 unspecified atom stereocenters. The number of carbonyl (C=O) groups is 1. The second-order valence-corrected chi connectivity index (χ2v) is 6.64. The summed E-state index contributed by atoms with van der Waals surface area (Å²) in [5, 5.41) is 0.711. The Morgan fingerprint density at radius 1 is 1.27 bits per heavy atom. The summed E-state index contributed by atoms with van der Waals surface area (Å²) in [5.74, 6) is -0.480. The molecule has 3 N–H and O–H groups in total. The lowest BCUT2D eigenvalue weighted by Gasteiger charge is -2.21. The molecule has 0 bridgehead atoms. The number of benzene rings is 1. The Labute approximate surface area is 160 Å². The van der Waals surface area contributed by atoms with E-state index >= 15 is 0 Å². The largest absolute Gasteiger partial charge is 0.383 e. The van der Waals surface area contributed by atoms with Crippen LogP contribution in [0.3, 0.4) is 0 Å². The number of rotatable bonds is 6. The van der Waals surface area contributed by atoms with Gasteiger partial charge in [0.05, 0.1) is 6.42 Å². The van der Waals surface area contributed by atoms with Crippen molar-refractivity contribution in [2.75, 3.05) is 17.7 Å². The summed E-state index contributed by atoms with van der Waals surface area (Å²) < 4.78 is 1.26. The van der Waals surface area contributed by atoms with Crippen molar-refractivity contribution in [2.45, 2.75) is 32.7 Å². The summed E-state index contributed by atoms with van der Waals surface area (Å²) >= 11 is 12.2. The highest BCUT2D eigenvalue weighted by Gasteiger charge is 2.22. The average molecular weight is 399 g/mol. The van der Waals surface area contributed by atoms with E-state index in [2.05, 4.69) is 4.98 Å². The van der Waals surface area contributed by atoms with Gasteiger partial charge in [-0.1, -0.05) is 42.6 Å². The molecule has 0 atom stereocenters. The van der Waals surface area contributed by atoms with Crippen LogP contribution in [0.2, 0.25) is 10.0 Å². The summed E-state index contributed by atoms with van der Waals surface area (Å²) in [6, 6.07) is 4.93. The van der Waals surface area contributed by atoms with Gasteiger partial charge in [-0.2, -0.15) is 0 Å². The van der Waals surface area contributed by atoms with Gasteiger partial charge in [-0.3, -0.25) is 19.1 Å². The second-order valence-electron chi connectivity index (χ2n) is 5.83. The van der Waals surface area contributed by atoms with E-state index in [0.717, 1.165) is 11.3 Å². The number of carbonyl (C=O) groups excluding carboxylic acids is 1. The summed E-state index contributed by atoms with van der Waals surface area (Å²) in [6.45, 7) is 2.32. The van der Waals surface area contributed by atoms with Crippen molar-refractivity contribution in [1.29, 1.82) is 0 Å². The van der Waals surface area contributed by atoms with Crippen LogP contribution in [0.4, 0.5) is 11.5 Å². The lowest BCUT2D eigenvalue weighted by molar-refractivity contribution is -0.117. The minimum atomic E-state index is -0.721. The van der Waals surface area contributed by atoms with E-state index in [1.165, 1.54) is 11.6 Å². The van der Waals surface area contributed by atoms with Crippen LogP contribution < -0.4 is 21.9 Å². The fourth-order valence-corrected chi connectivity index (χ4v) is 3.07. The van der Waals surface area contributed by atoms with E-state index < -0.39 is 17.2 Å². The first-order chi connectivity index (χ1) is 12.3. The number of nitrogens with one attached hydrogen (secondary N) is 1. The third kappa shape index (κ3) is 4.11. The maximum absolute atomic E-state index is 12.6. The van der Waals surface area contributed by atoms with Crippen molar-refractivity contribution >= 4 is 40.6 Å². The third-order valence-corrected chi connectivity index (χ3v) is 4.76. The Morgan fingerprint density at radius 2 is 1.88 bits per heavy atom. The number of anilines is 2. The monoisotopic (exact) mass is 398 g/mol. The average Bonchev–Trinajstić information content (AvgIpc) is 2.57. The van der Waals surface area contributed by atoms with Crippen LogP contribution >= 0.6 is 23.2 Å². The number of amides is 1. The number of halogens is 2. The summed E-state index contributed by atoms with van der Waals surface area (Å²) in [6.07, 6.45) is 1.45. The fraction of sp³-hybridized carbons (Fsp3) is 0.353. The van der Waals surface area contributed by atoms with Crippen LogP contribution in [0, 0.1) is 0 Å². The number of aromatic amines is 1. The molecule has 0 saturated heterocycles. The van der Waals surface area contributed by atoms with Crippen LogP contribution in [-0.2, 0) is 17.8 Å². The first kappa shape index (κ1) is 20.1. The lowest BCUT2D eigenvalue weighted by Crippen LogP contribution is -2.39. The highest BCUT2D eigenvalue weighted by molar-refractivity contribution is 6.36. The van der Waals surface area contributed by atoms with E-state index in [1.54, 1.807) is 18.2 Å². The maximum atomic E-state index is 12.6. The molecule has 7 nitrogen and oxygen atoms in total. The molecule has 1 amide bonds. The normalized spacial score (nSPS) is 10.8. The number of likely N-dealkylation sites (N-methyl/N-ethyl adjacent to an activating group) is 1. The highest BCUT2D eigenvalue weighted by Crippen LogP contribution is 2.26. The Hall–Kier alpha value is -2.25. The molecule has 0 spiro atoms. The van der Waals surface area contributed by atoms with Gasteiger partial charge in [0, 0.05) is 23.6 Å². The Kier molecular flexibility index (Phi) is 6.50. The third-order valence-electron chi connectivity index (χ3n) is 4.05. The predicted octanol–water partition coefficient (Wildman–Crippen LogP) is 2.43. The van der Waals surface area contributed by atoms with E-state index in [9.17, 15) is 14.4 Å². The number of nitrogen functional groups attached to an aromatic ring is 1. The molecule has 1 heterocycles. The second kappa shape index (κ2) is 8.42. The Morgan fingerprint density at radius 3 is 2.46 bits per heavy atom. The summed E-state index contributed by atoms with van der Waals surface area (Å²) in [5.41, 5.74) is 5.08. The molecule has 9 heteroatoms. The number of hydrogen-bond donors (Lipinski definition) is 2. The topological polar surface area (TPSA) is 101 Å². The van der Waals surface area contributed by atoms with Gasteiger partial charge in [0.25, 0.3) is 5.56 Å². The molecule has 26 heavy (non-hydrogen) atoms. The molecule has 2 aromatic rings. The Bertz CT molecular complexity index is 916. The van der Waals surface area contributed by atoms with E-state index in [4.69, 9.17) is 28.9 Å². The highest BCUT2D eigenvalue weighted by atomic mass is 35.5. The quantitative estimate of drug-likeness (QED) is 0.779. The van der Waals surface area contributed by atoms with Gasteiger partial charge >= 0.3 is 5.69 Å². The predicted molar refractivity (Wildman–Crippen MR) is 104 cm³/mol. The van der Waals surface area contributed by atoms with Crippen molar-refractivity contribution in [2.24, 2.45) is 0 Å². The standard InChI is InChI=1S/C17H20Cl2N4O3/c1-3-4-8-23-15(20)14(16(25)21-17(23)26)22(2)13(24)9-10-11(18)6-5-7-12(10)19/h5-7H,3-4,8-9,20H2,1-2H3,(H,21,25,26). The number of unbranched alkanes of at least 4 members (excludes halogenated alkanes) is 1. The Balaban J connectivity index is 2.40. The van der Waals surface area contributed by atoms with Crippen LogP contribution in [0.5, 0.6) is 0 Å². The van der Waals surface area contributed by atoms with Crippen molar-refractivity contribution < 1.29 is 4.79 Å². The smallest absolute Gasteiger partial charge is 0.330 e. The van der Waals surface area contributed by atoms with Gasteiger partial charge in [-0.25, -0.2) is 4.79 Å². The lowest BCUT2D eigenvalue weighted by atomic mass is 10.1. The van der Waals surface area contributed by atoms with E-state index in [0.29, 0.717) is 28.6 Å². The number of nitrogens with two attached hydrogens (primary N) is 1. The zero-order chi connectivity index (χ0) is 19.4. The molecule has 2 rings (SSSR count). The van der Waals surface area contributed by atoms with Crippen molar-refractivity contribution in [3.63, 3.8) is 0 Å². The van der Waals surface area contributed by atoms with Crippen molar-refractivity contribution in [3.8, 4) is 0 Å². The summed E-state index contributed by atoms with van der Waals surface area (Å²) in [7, 11) is 1.42. The number of hydrogen-bond acceptors (Lipinski definition) is 4. The molecule has 0 radical (unpaired) electrons. The van der Waals surface area contributed by atoms with Crippen LogP contribution in [0.1, 0.15) is 25.3 Å². The molecule has 0 aliphatic carbocycles. The molecular weight excluding hydrogens is 379 g/mol. The zero-order valence-electron chi connectivity index (χ0n) is 14.5. The molecule has 140 valence electrons. The molecule has 1 aromatic carbocycles. The number of nitrogens with zero attached hydrogens (tertiary/aromatic N) is 2. The van der Waals surface area contributed by atoms with Crippen LogP contribution in [0.15, 0.2) is 27.8 Å². The molecule has 0 saturated carbocycles. The summed E-state index contributed by atoms with van der Waals surface area (Å²) in [4.78, 5) is 40.2. The molecule has 0 fully saturated rings. The molecular formula is C17H20Cl2N4O3. The van der Waals surface area contributed by atoms with Crippen LogP contribution in [-0.4, -0.2) is 22.5 Å². The van der Waals surface area contributed by atoms with Gasteiger partial charge < -0.3 is 10.6 Å². The van der Waals surface area contributed by atoms with E-state index in [-0.39, 0.29) is 17.9 Å². The maximum Gasteiger partial charge on any atom is 0.330 e. The minimum absolute atomic E-state index is 0.0479. The van der Waals surface area contributed by atoms with Gasteiger partial charge in [-0.15, -0.1) is 0 Å². The van der Waals surface area contributed by atoms with Crippen molar-refractivity contribution in [1.82, 2.24) is 9.55 Å². The molecule has 0 aliphatic heterocycles. The fourth-order valence-electron chi connectivity index (χ4n) is 2.54. The SMILES string of the molecule is CCCCn1c(N)c(N(C)C(=O)Cc2c(Cl)cccc2Cl)c(=O)[nH]c1=O. The first-order valence-corrected chi connectivity index (χ1v) is 8.85. The molecule has 0 aliphatic rings. The van der Waals surface area contributed by atoms with Gasteiger partial charge in [-0.05, 0) is 24.1 Å².